The molecule has 0 spiro atoms. The van der Waals surface area contributed by atoms with Crippen LogP contribution < -0.4 is 0 Å². The van der Waals surface area contributed by atoms with E-state index in [-0.39, 0.29) is 17.7 Å². The highest BCUT2D eigenvalue weighted by Gasteiger charge is 2.39. The molecule has 1 aromatic heterocycles. The number of pyridine rings is 1. The van der Waals surface area contributed by atoms with Gasteiger partial charge in [0, 0.05) is 64.1 Å². The van der Waals surface area contributed by atoms with Gasteiger partial charge in [0.1, 0.15) is 0 Å². The van der Waals surface area contributed by atoms with Crippen LogP contribution in [0.2, 0.25) is 0 Å². The molecule has 1 saturated carbocycles. The average molecular weight is 356 g/mol. The maximum absolute atomic E-state index is 13.0. The topological polar surface area (TPSA) is 56.8 Å². The minimum Gasteiger partial charge on any atom is -0.341 e. The van der Waals surface area contributed by atoms with Gasteiger partial charge in [-0.2, -0.15) is 0 Å². The van der Waals surface area contributed by atoms with E-state index in [9.17, 15) is 9.59 Å². The summed E-state index contributed by atoms with van der Waals surface area (Å²) < 4.78 is 0. The number of carbonyl (C=O) groups excluding carboxylic acids is 2. The Bertz CT molecular complexity index is 646. The van der Waals surface area contributed by atoms with Crippen molar-refractivity contribution < 1.29 is 9.59 Å². The number of nitrogens with zero attached hydrogens (tertiary/aromatic N) is 4. The summed E-state index contributed by atoms with van der Waals surface area (Å²) in [6, 6.07) is 4.49. The van der Waals surface area contributed by atoms with Crippen molar-refractivity contribution in [3.63, 3.8) is 0 Å². The molecule has 3 fully saturated rings. The molecule has 2 amide bonds. The van der Waals surface area contributed by atoms with Gasteiger partial charge in [-0.05, 0) is 37.3 Å². The molecule has 140 valence electrons. The van der Waals surface area contributed by atoms with Crippen LogP contribution in [-0.4, -0.2) is 70.3 Å². The summed E-state index contributed by atoms with van der Waals surface area (Å²) in [6.45, 7) is 5.05. The standard InChI is InChI=1S/C20H28N4O2/c25-19-7-4-17(15-24(19)18-5-6-18)20(26)23-10-2-9-22(11-12-23)14-16-3-1-8-21-13-16/h1,3,8,13,17-18H,2,4-7,9-12,14-15H2. The van der Waals surface area contributed by atoms with Gasteiger partial charge >= 0.3 is 0 Å². The van der Waals surface area contributed by atoms with Gasteiger partial charge in [0.15, 0.2) is 0 Å². The SMILES string of the molecule is O=C(C1CCC(=O)N(C2CC2)C1)N1CCCN(Cc2cccnc2)CC1. The van der Waals surface area contributed by atoms with E-state index in [1.807, 2.05) is 22.1 Å². The Hall–Kier alpha value is -1.95. The summed E-state index contributed by atoms with van der Waals surface area (Å²) in [5, 5.41) is 0. The molecule has 2 saturated heterocycles. The van der Waals surface area contributed by atoms with Crippen LogP contribution in [0.5, 0.6) is 0 Å². The lowest BCUT2D eigenvalue weighted by Gasteiger charge is -2.34. The zero-order valence-electron chi connectivity index (χ0n) is 15.3. The van der Waals surface area contributed by atoms with Crippen molar-refractivity contribution in [1.29, 1.82) is 0 Å². The van der Waals surface area contributed by atoms with Crippen LogP contribution in [0.4, 0.5) is 0 Å². The third kappa shape index (κ3) is 4.06. The molecule has 3 aliphatic rings. The normalized spacial score (nSPS) is 25.2. The van der Waals surface area contributed by atoms with Gasteiger partial charge in [-0.25, -0.2) is 0 Å². The monoisotopic (exact) mass is 356 g/mol. The van der Waals surface area contributed by atoms with Crippen molar-refractivity contribution in [2.75, 3.05) is 32.7 Å². The van der Waals surface area contributed by atoms with Crippen LogP contribution in [0.25, 0.3) is 0 Å². The Kier molecular flexibility index (Phi) is 5.20. The number of likely N-dealkylation sites (tertiary alicyclic amines) is 1. The molecule has 0 bridgehead atoms. The number of hydrogen-bond donors (Lipinski definition) is 0. The molecule has 1 unspecified atom stereocenters. The Morgan fingerprint density at radius 1 is 1.15 bits per heavy atom. The fourth-order valence-corrected chi connectivity index (χ4v) is 4.17. The van der Waals surface area contributed by atoms with Gasteiger partial charge in [-0.3, -0.25) is 19.5 Å². The zero-order chi connectivity index (χ0) is 17.9. The molecule has 1 atom stereocenters. The van der Waals surface area contributed by atoms with E-state index in [1.165, 1.54) is 5.56 Å². The Balaban J connectivity index is 1.32. The highest BCUT2D eigenvalue weighted by molar-refractivity contribution is 5.84. The van der Waals surface area contributed by atoms with Crippen molar-refractivity contribution in [3.05, 3.63) is 30.1 Å². The Morgan fingerprint density at radius 2 is 2.04 bits per heavy atom. The average Bonchev–Trinajstić information content (AvgIpc) is 3.50. The fraction of sp³-hybridized carbons (Fsp3) is 0.650. The molecule has 2 aliphatic heterocycles. The Labute approximate surface area is 155 Å². The molecule has 0 radical (unpaired) electrons. The third-order valence-corrected chi connectivity index (χ3v) is 5.81. The molecule has 1 aromatic rings. The van der Waals surface area contributed by atoms with Crippen LogP contribution in [0.15, 0.2) is 24.5 Å². The second-order valence-electron chi connectivity index (χ2n) is 7.83. The van der Waals surface area contributed by atoms with Crippen LogP contribution in [0.1, 0.15) is 37.7 Å². The van der Waals surface area contributed by atoms with E-state index in [4.69, 9.17) is 0 Å². The summed E-state index contributed by atoms with van der Waals surface area (Å²) in [5.41, 5.74) is 1.22. The van der Waals surface area contributed by atoms with Gasteiger partial charge in [-0.1, -0.05) is 6.07 Å². The number of amides is 2. The van der Waals surface area contributed by atoms with E-state index in [0.717, 1.165) is 58.4 Å². The molecule has 0 aromatic carbocycles. The minimum absolute atomic E-state index is 0.00169. The van der Waals surface area contributed by atoms with Gasteiger partial charge < -0.3 is 9.80 Å². The molecule has 6 nitrogen and oxygen atoms in total. The third-order valence-electron chi connectivity index (χ3n) is 5.81. The van der Waals surface area contributed by atoms with E-state index in [0.29, 0.717) is 19.0 Å². The number of aromatic nitrogens is 1. The van der Waals surface area contributed by atoms with Crippen LogP contribution >= 0.6 is 0 Å². The van der Waals surface area contributed by atoms with Crippen LogP contribution in [0, 0.1) is 5.92 Å². The number of piperidine rings is 1. The predicted molar refractivity (Wildman–Crippen MR) is 98.2 cm³/mol. The molecular weight excluding hydrogens is 328 g/mol. The lowest BCUT2D eigenvalue weighted by atomic mass is 9.95. The minimum atomic E-state index is -0.00169. The second kappa shape index (κ2) is 7.74. The largest absolute Gasteiger partial charge is 0.341 e. The van der Waals surface area contributed by atoms with E-state index in [2.05, 4.69) is 16.0 Å². The number of hydrogen-bond acceptors (Lipinski definition) is 4. The summed E-state index contributed by atoms with van der Waals surface area (Å²) in [7, 11) is 0. The molecule has 26 heavy (non-hydrogen) atoms. The first-order valence-corrected chi connectivity index (χ1v) is 9.90. The lowest BCUT2D eigenvalue weighted by molar-refractivity contribution is -0.143. The summed E-state index contributed by atoms with van der Waals surface area (Å²) >= 11 is 0. The van der Waals surface area contributed by atoms with Crippen LogP contribution in [0.3, 0.4) is 0 Å². The zero-order valence-corrected chi connectivity index (χ0v) is 15.3. The van der Waals surface area contributed by atoms with E-state index < -0.39 is 0 Å². The maximum Gasteiger partial charge on any atom is 0.227 e. The summed E-state index contributed by atoms with van der Waals surface area (Å²) in [6.07, 6.45) is 8.19. The molecule has 6 heteroatoms. The first kappa shape index (κ1) is 17.5. The second-order valence-corrected chi connectivity index (χ2v) is 7.83. The molecular formula is C20H28N4O2. The molecule has 0 N–H and O–H groups in total. The van der Waals surface area contributed by atoms with Crippen molar-refractivity contribution >= 4 is 11.8 Å². The van der Waals surface area contributed by atoms with E-state index in [1.54, 1.807) is 6.20 Å². The predicted octanol–water partition coefficient (Wildman–Crippen LogP) is 1.52. The first-order valence-electron chi connectivity index (χ1n) is 9.90. The van der Waals surface area contributed by atoms with Gasteiger partial charge in [-0.15, -0.1) is 0 Å². The molecule has 4 rings (SSSR count). The van der Waals surface area contributed by atoms with Gasteiger partial charge in [0.2, 0.25) is 11.8 Å². The van der Waals surface area contributed by atoms with Crippen molar-refractivity contribution in [1.82, 2.24) is 19.7 Å². The van der Waals surface area contributed by atoms with Crippen molar-refractivity contribution in [3.8, 4) is 0 Å². The quantitative estimate of drug-likeness (QED) is 0.821. The number of rotatable bonds is 4. The van der Waals surface area contributed by atoms with Crippen molar-refractivity contribution in [2.24, 2.45) is 5.92 Å². The fourth-order valence-electron chi connectivity index (χ4n) is 4.17. The molecule has 1 aliphatic carbocycles. The first-order chi connectivity index (χ1) is 12.7. The van der Waals surface area contributed by atoms with E-state index >= 15 is 0 Å². The number of carbonyl (C=O) groups is 2. The van der Waals surface area contributed by atoms with Crippen LogP contribution in [-0.2, 0) is 16.1 Å². The van der Waals surface area contributed by atoms with Gasteiger partial charge in [0.25, 0.3) is 0 Å². The van der Waals surface area contributed by atoms with Crippen molar-refractivity contribution in [2.45, 2.75) is 44.7 Å². The Morgan fingerprint density at radius 3 is 2.81 bits per heavy atom. The smallest absolute Gasteiger partial charge is 0.227 e. The highest BCUT2D eigenvalue weighted by atomic mass is 16.2. The highest BCUT2D eigenvalue weighted by Crippen LogP contribution is 2.32. The lowest BCUT2D eigenvalue weighted by Crippen LogP contribution is -2.48. The maximum atomic E-state index is 13.0. The van der Waals surface area contributed by atoms with Gasteiger partial charge in [0.05, 0.1) is 5.92 Å². The summed E-state index contributed by atoms with van der Waals surface area (Å²) in [5.74, 6) is 0.500. The molecule has 3 heterocycles. The summed E-state index contributed by atoms with van der Waals surface area (Å²) in [4.78, 5) is 35.7.